The van der Waals surface area contributed by atoms with Crippen molar-refractivity contribution in [2.24, 2.45) is 0 Å². The van der Waals surface area contributed by atoms with Crippen LogP contribution in [0.5, 0.6) is 0 Å². The zero-order chi connectivity index (χ0) is 16.2. The Morgan fingerprint density at radius 3 is 2.96 bits per heavy atom. The molecule has 0 saturated carbocycles. The lowest BCUT2D eigenvalue weighted by Crippen LogP contribution is -2.14. The molecule has 0 aliphatic heterocycles. The van der Waals surface area contributed by atoms with Gasteiger partial charge in [-0.1, -0.05) is 42.9 Å². The molecule has 2 aromatic heterocycles. The molecular formula is C17H20N4OS. The summed E-state index contributed by atoms with van der Waals surface area (Å²) in [5.41, 5.74) is 3.13. The van der Waals surface area contributed by atoms with Gasteiger partial charge in [0, 0.05) is 23.0 Å². The minimum atomic E-state index is -0.0592. The number of nitrogens with zero attached hydrogens (tertiary/aromatic N) is 2. The quantitative estimate of drug-likeness (QED) is 0.722. The highest BCUT2D eigenvalue weighted by molar-refractivity contribution is 7.15. The molecule has 2 N–H and O–H groups in total. The van der Waals surface area contributed by atoms with Crippen LogP contribution in [0.4, 0.5) is 5.13 Å². The molecule has 0 saturated heterocycles. The summed E-state index contributed by atoms with van der Waals surface area (Å²) >= 11 is 1.46. The number of benzene rings is 1. The lowest BCUT2D eigenvalue weighted by molar-refractivity contribution is -0.115. The summed E-state index contributed by atoms with van der Waals surface area (Å²) in [6.45, 7) is 4.14. The first-order valence-electron chi connectivity index (χ1n) is 7.85. The van der Waals surface area contributed by atoms with E-state index in [9.17, 15) is 4.79 Å². The van der Waals surface area contributed by atoms with Gasteiger partial charge in [-0.25, -0.2) is 0 Å². The van der Waals surface area contributed by atoms with Crippen molar-refractivity contribution in [2.75, 3.05) is 5.32 Å². The number of aryl methyl sites for hydroxylation is 2. The smallest absolute Gasteiger partial charge is 0.230 e. The first kappa shape index (κ1) is 15.7. The number of carbonyl (C=O) groups excluding carboxylic acids is 1. The fraction of sp³-hybridized carbons (Fsp3) is 0.353. The van der Waals surface area contributed by atoms with Gasteiger partial charge in [-0.2, -0.15) is 0 Å². The second-order valence-corrected chi connectivity index (χ2v) is 6.67. The van der Waals surface area contributed by atoms with Crippen LogP contribution in [0.1, 0.15) is 36.0 Å². The van der Waals surface area contributed by atoms with E-state index in [0.717, 1.165) is 46.4 Å². The maximum absolute atomic E-state index is 12.3. The van der Waals surface area contributed by atoms with Gasteiger partial charge in [-0.05, 0) is 25.0 Å². The number of hydrogen-bond donors (Lipinski definition) is 2. The molecule has 1 aromatic carbocycles. The lowest BCUT2D eigenvalue weighted by atomic mass is 10.1. The average molecular weight is 328 g/mol. The molecule has 0 aliphatic rings. The van der Waals surface area contributed by atoms with Gasteiger partial charge in [0.1, 0.15) is 5.01 Å². The van der Waals surface area contributed by atoms with Crippen LogP contribution in [0.25, 0.3) is 10.9 Å². The monoisotopic (exact) mass is 328 g/mol. The number of fused-ring (bicyclic) bond motifs is 1. The molecule has 0 aliphatic carbocycles. The molecule has 120 valence electrons. The predicted octanol–water partition coefficient (Wildman–Crippen LogP) is 3.85. The summed E-state index contributed by atoms with van der Waals surface area (Å²) < 4.78 is 0. The highest BCUT2D eigenvalue weighted by Gasteiger charge is 2.14. The van der Waals surface area contributed by atoms with E-state index in [1.807, 2.05) is 31.2 Å². The molecule has 0 fully saturated rings. The van der Waals surface area contributed by atoms with Gasteiger partial charge >= 0.3 is 0 Å². The predicted molar refractivity (Wildman–Crippen MR) is 93.9 cm³/mol. The lowest BCUT2D eigenvalue weighted by Gasteiger charge is -2.02. The van der Waals surface area contributed by atoms with Gasteiger partial charge in [-0.3, -0.25) is 4.79 Å². The molecule has 0 atom stereocenters. The fourth-order valence-electron chi connectivity index (χ4n) is 2.62. The SMILES string of the molecule is CCCCc1nnc(NC(=O)Cc2c(C)[nH]c3ccccc23)s1. The van der Waals surface area contributed by atoms with Crippen molar-refractivity contribution in [3.05, 3.63) is 40.5 Å². The van der Waals surface area contributed by atoms with Crippen LogP contribution in [0.3, 0.4) is 0 Å². The Kier molecular flexibility index (Phi) is 4.71. The first-order chi connectivity index (χ1) is 11.2. The molecule has 2 heterocycles. The molecule has 5 nitrogen and oxygen atoms in total. The number of rotatable bonds is 6. The zero-order valence-corrected chi connectivity index (χ0v) is 14.2. The van der Waals surface area contributed by atoms with E-state index in [-0.39, 0.29) is 5.91 Å². The summed E-state index contributed by atoms with van der Waals surface area (Å²) in [4.78, 5) is 15.6. The van der Waals surface area contributed by atoms with Crippen LogP contribution < -0.4 is 5.32 Å². The van der Waals surface area contributed by atoms with E-state index < -0.39 is 0 Å². The summed E-state index contributed by atoms with van der Waals surface area (Å²) in [7, 11) is 0. The van der Waals surface area contributed by atoms with Crippen LogP contribution in [0.2, 0.25) is 0 Å². The number of carbonyl (C=O) groups is 1. The first-order valence-corrected chi connectivity index (χ1v) is 8.67. The topological polar surface area (TPSA) is 70.7 Å². The Labute approximate surface area is 139 Å². The van der Waals surface area contributed by atoms with Gasteiger partial charge in [0.2, 0.25) is 11.0 Å². The number of unbranched alkanes of at least 4 members (excludes halogenated alkanes) is 1. The number of anilines is 1. The maximum atomic E-state index is 12.3. The number of aromatic amines is 1. The normalized spacial score (nSPS) is 11.0. The molecule has 0 bridgehead atoms. The standard InChI is InChI=1S/C17H20N4OS/c1-3-4-9-16-20-21-17(23-16)19-15(22)10-13-11(2)18-14-8-6-5-7-12(13)14/h5-8,18H,3-4,9-10H2,1-2H3,(H,19,21,22). The Morgan fingerprint density at radius 1 is 1.30 bits per heavy atom. The van der Waals surface area contributed by atoms with E-state index in [4.69, 9.17) is 0 Å². The molecule has 6 heteroatoms. The van der Waals surface area contributed by atoms with Crippen molar-refractivity contribution < 1.29 is 4.79 Å². The van der Waals surface area contributed by atoms with Crippen LogP contribution >= 0.6 is 11.3 Å². The van der Waals surface area contributed by atoms with Gasteiger partial charge in [0.05, 0.1) is 6.42 Å². The van der Waals surface area contributed by atoms with Crippen molar-refractivity contribution >= 4 is 33.3 Å². The van der Waals surface area contributed by atoms with Gasteiger partial charge in [0.25, 0.3) is 0 Å². The second kappa shape index (κ2) is 6.91. The Hall–Kier alpha value is -2.21. The summed E-state index contributed by atoms with van der Waals surface area (Å²) in [5.74, 6) is -0.0592. The number of nitrogens with one attached hydrogen (secondary N) is 2. The summed E-state index contributed by atoms with van der Waals surface area (Å²) in [5, 5.41) is 13.7. The van der Waals surface area contributed by atoms with Gasteiger partial charge in [-0.15, -0.1) is 10.2 Å². The number of amides is 1. The van der Waals surface area contributed by atoms with Crippen molar-refractivity contribution in [3.8, 4) is 0 Å². The van der Waals surface area contributed by atoms with E-state index in [0.29, 0.717) is 11.6 Å². The summed E-state index contributed by atoms with van der Waals surface area (Å²) in [6, 6.07) is 8.03. The number of H-pyrrole nitrogens is 1. The van der Waals surface area contributed by atoms with E-state index in [2.05, 4.69) is 27.4 Å². The van der Waals surface area contributed by atoms with Gasteiger partial charge in [0.15, 0.2) is 0 Å². The highest BCUT2D eigenvalue weighted by Crippen LogP contribution is 2.23. The van der Waals surface area contributed by atoms with Crippen molar-refractivity contribution in [3.63, 3.8) is 0 Å². The number of para-hydroxylation sites is 1. The molecular weight excluding hydrogens is 308 g/mol. The van der Waals surface area contributed by atoms with Crippen LogP contribution in [-0.2, 0) is 17.6 Å². The molecule has 0 unspecified atom stereocenters. The van der Waals surface area contributed by atoms with Crippen LogP contribution in [0, 0.1) is 6.92 Å². The Bertz CT molecular complexity index is 821. The van der Waals surface area contributed by atoms with Crippen molar-refractivity contribution in [1.29, 1.82) is 0 Å². The summed E-state index contributed by atoms with van der Waals surface area (Å²) in [6.07, 6.45) is 3.48. The molecule has 3 rings (SSSR count). The minimum Gasteiger partial charge on any atom is -0.358 e. The van der Waals surface area contributed by atoms with Crippen molar-refractivity contribution in [2.45, 2.75) is 39.5 Å². The minimum absolute atomic E-state index is 0.0592. The molecule has 3 aromatic rings. The Morgan fingerprint density at radius 2 is 2.13 bits per heavy atom. The van der Waals surface area contributed by atoms with E-state index in [1.165, 1.54) is 11.3 Å². The average Bonchev–Trinajstić information content (AvgIpc) is 3.10. The molecule has 0 spiro atoms. The molecule has 23 heavy (non-hydrogen) atoms. The number of hydrogen-bond acceptors (Lipinski definition) is 4. The highest BCUT2D eigenvalue weighted by atomic mass is 32.1. The van der Waals surface area contributed by atoms with Gasteiger partial charge < -0.3 is 10.3 Å². The van der Waals surface area contributed by atoms with Crippen molar-refractivity contribution in [1.82, 2.24) is 15.2 Å². The third-order valence-corrected chi connectivity index (χ3v) is 4.72. The second-order valence-electron chi connectivity index (χ2n) is 5.60. The third-order valence-electron chi connectivity index (χ3n) is 3.82. The molecule has 1 amide bonds. The Balaban J connectivity index is 1.69. The maximum Gasteiger partial charge on any atom is 0.230 e. The van der Waals surface area contributed by atoms with Crippen LogP contribution in [-0.4, -0.2) is 21.1 Å². The number of aromatic nitrogens is 3. The fourth-order valence-corrected chi connectivity index (χ4v) is 3.42. The largest absolute Gasteiger partial charge is 0.358 e. The van der Waals surface area contributed by atoms with E-state index in [1.54, 1.807) is 0 Å². The molecule has 0 radical (unpaired) electrons. The van der Waals surface area contributed by atoms with Crippen LogP contribution in [0.15, 0.2) is 24.3 Å². The third kappa shape index (κ3) is 3.59. The zero-order valence-electron chi connectivity index (χ0n) is 13.3. The van der Waals surface area contributed by atoms with E-state index >= 15 is 0 Å².